The number of hydrogen-bond donors (Lipinski definition) is 1. The van der Waals surface area contributed by atoms with Gasteiger partial charge in [0.2, 0.25) is 0 Å². The second-order valence-electron chi connectivity index (χ2n) is 3.26. The van der Waals surface area contributed by atoms with Crippen LogP contribution in [0.2, 0.25) is 0 Å². The first-order chi connectivity index (χ1) is 8.60. The molecule has 6 heteroatoms. The predicted octanol–water partition coefficient (Wildman–Crippen LogP) is 2.06. The van der Waals surface area contributed by atoms with Crippen LogP contribution in [0, 0.1) is 10.1 Å². The highest BCUT2D eigenvalue weighted by Gasteiger charge is 2.15. The van der Waals surface area contributed by atoms with Crippen LogP contribution < -0.4 is 9.64 Å². The van der Waals surface area contributed by atoms with Crippen molar-refractivity contribution in [3.63, 3.8) is 0 Å². The van der Waals surface area contributed by atoms with Gasteiger partial charge in [-0.25, -0.2) is 0 Å². The first-order valence-corrected chi connectivity index (χ1v) is 5.74. The van der Waals surface area contributed by atoms with Gasteiger partial charge in [0.15, 0.2) is 5.75 Å². The molecule has 102 valence electrons. The highest BCUT2D eigenvalue weighted by molar-refractivity contribution is 5.58. The molecular formula is C12H20N2O4. The number of nitrogens with zero attached hydrogens (tertiary/aromatic N) is 2. The summed E-state index contributed by atoms with van der Waals surface area (Å²) in [5.41, 5.74) is 0.695. The van der Waals surface area contributed by atoms with Crippen molar-refractivity contribution in [2.24, 2.45) is 0 Å². The van der Waals surface area contributed by atoms with Gasteiger partial charge in [-0.3, -0.25) is 10.1 Å². The maximum atomic E-state index is 10.7. The minimum atomic E-state index is -0.491. The summed E-state index contributed by atoms with van der Waals surface area (Å²) in [6, 6.07) is 4.59. The summed E-state index contributed by atoms with van der Waals surface area (Å²) in [6.45, 7) is 4.48. The van der Waals surface area contributed by atoms with E-state index in [1.165, 1.54) is 13.2 Å². The molecule has 0 bridgehead atoms. The van der Waals surface area contributed by atoms with Crippen molar-refractivity contribution in [2.75, 3.05) is 32.2 Å². The summed E-state index contributed by atoms with van der Waals surface area (Å²) in [5.74, 6) is 0.215. The first-order valence-electron chi connectivity index (χ1n) is 5.74. The number of nitro groups is 1. The lowest BCUT2D eigenvalue weighted by atomic mass is 10.2. The topological polar surface area (TPSA) is 75.8 Å². The maximum Gasteiger partial charge on any atom is 0.311 e. The average Bonchev–Trinajstić information content (AvgIpc) is 2.40. The molecule has 0 heterocycles. The molecule has 0 aromatic heterocycles. The predicted molar refractivity (Wildman–Crippen MR) is 71.4 cm³/mol. The lowest BCUT2D eigenvalue weighted by molar-refractivity contribution is -0.385. The fourth-order valence-corrected chi connectivity index (χ4v) is 1.33. The number of rotatable bonds is 5. The zero-order valence-corrected chi connectivity index (χ0v) is 11.2. The van der Waals surface area contributed by atoms with Gasteiger partial charge in [-0.1, -0.05) is 13.8 Å². The zero-order valence-electron chi connectivity index (χ0n) is 11.2. The third-order valence-corrected chi connectivity index (χ3v) is 2.24. The molecule has 18 heavy (non-hydrogen) atoms. The molecule has 0 atom stereocenters. The van der Waals surface area contributed by atoms with Crippen LogP contribution in [-0.2, 0) is 0 Å². The second kappa shape index (κ2) is 8.30. The number of benzene rings is 1. The molecule has 0 aliphatic heterocycles. The van der Waals surface area contributed by atoms with Gasteiger partial charge < -0.3 is 14.7 Å². The van der Waals surface area contributed by atoms with Crippen LogP contribution in [0.1, 0.15) is 13.8 Å². The van der Waals surface area contributed by atoms with Crippen LogP contribution in [0.25, 0.3) is 0 Å². The Bertz CT molecular complexity index is 382. The van der Waals surface area contributed by atoms with Crippen molar-refractivity contribution in [2.45, 2.75) is 13.8 Å². The third kappa shape index (κ3) is 4.21. The average molecular weight is 256 g/mol. The van der Waals surface area contributed by atoms with Crippen LogP contribution in [0.3, 0.4) is 0 Å². The Morgan fingerprint density at radius 3 is 2.50 bits per heavy atom. The van der Waals surface area contributed by atoms with Crippen LogP contribution in [0.4, 0.5) is 11.4 Å². The second-order valence-corrected chi connectivity index (χ2v) is 3.26. The van der Waals surface area contributed by atoms with Crippen LogP contribution >= 0.6 is 0 Å². The molecular weight excluding hydrogens is 236 g/mol. The molecule has 6 nitrogen and oxygen atoms in total. The summed E-state index contributed by atoms with van der Waals surface area (Å²) >= 11 is 0. The molecule has 0 aliphatic rings. The van der Waals surface area contributed by atoms with Gasteiger partial charge in [-0.15, -0.1) is 0 Å². The highest BCUT2D eigenvalue weighted by Crippen LogP contribution is 2.30. The number of aliphatic hydroxyl groups is 1. The summed E-state index contributed by atoms with van der Waals surface area (Å²) in [6.07, 6.45) is 0. The fourth-order valence-electron chi connectivity index (χ4n) is 1.33. The Labute approximate surface area is 107 Å². The fraction of sp³-hybridized carbons (Fsp3) is 0.500. The number of likely N-dealkylation sites (N-methyl/N-ethyl adjacent to an activating group) is 1. The Morgan fingerprint density at radius 2 is 2.06 bits per heavy atom. The number of anilines is 1. The SMILES string of the molecule is CC.COc1cc(N(C)CCO)ccc1[N+](=O)[O-]. The number of methoxy groups -OCH3 is 1. The van der Waals surface area contributed by atoms with E-state index in [9.17, 15) is 10.1 Å². The number of nitro benzene ring substituents is 1. The largest absolute Gasteiger partial charge is 0.490 e. The molecule has 0 radical (unpaired) electrons. The van der Waals surface area contributed by atoms with Gasteiger partial charge in [0.05, 0.1) is 18.6 Å². The van der Waals surface area contributed by atoms with E-state index < -0.39 is 4.92 Å². The molecule has 0 fully saturated rings. The zero-order chi connectivity index (χ0) is 14.1. The van der Waals surface area contributed by atoms with E-state index in [-0.39, 0.29) is 18.0 Å². The van der Waals surface area contributed by atoms with Gasteiger partial charge in [0, 0.05) is 31.4 Å². The standard InChI is InChI=1S/C10H14N2O4.C2H6/c1-11(5-6-13)8-3-4-9(12(14)15)10(7-8)16-2;1-2/h3-4,7,13H,5-6H2,1-2H3;1-2H3. The van der Waals surface area contributed by atoms with Gasteiger partial charge in [0.25, 0.3) is 0 Å². The summed E-state index contributed by atoms with van der Waals surface area (Å²) in [4.78, 5) is 12.0. The first kappa shape index (κ1) is 16.2. The molecule has 1 aromatic carbocycles. The summed E-state index contributed by atoms with van der Waals surface area (Å²) in [7, 11) is 3.18. The maximum absolute atomic E-state index is 10.7. The Balaban J connectivity index is 0.00000137. The number of ether oxygens (including phenoxy) is 1. The third-order valence-electron chi connectivity index (χ3n) is 2.24. The Kier molecular flexibility index (Phi) is 7.46. The van der Waals surface area contributed by atoms with Crippen LogP contribution in [-0.4, -0.2) is 37.3 Å². The lowest BCUT2D eigenvalue weighted by Gasteiger charge is -2.18. The van der Waals surface area contributed by atoms with Crippen LogP contribution in [0.5, 0.6) is 5.75 Å². The van der Waals surface area contributed by atoms with Gasteiger partial charge >= 0.3 is 5.69 Å². The number of aliphatic hydroxyl groups excluding tert-OH is 1. The smallest absolute Gasteiger partial charge is 0.311 e. The van der Waals surface area contributed by atoms with Gasteiger partial charge in [-0.2, -0.15) is 0 Å². The van der Waals surface area contributed by atoms with Gasteiger partial charge in [-0.05, 0) is 6.07 Å². The normalized spacial score (nSPS) is 9.17. The lowest BCUT2D eigenvalue weighted by Crippen LogP contribution is -2.21. The molecule has 0 unspecified atom stereocenters. The van der Waals surface area contributed by atoms with Crippen molar-refractivity contribution < 1.29 is 14.8 Å². The molecule has 1 aromatic rings. The molecule has 0 saturated heterocycles. The highest BCUT2D eigenvalue weighted by atomic mass is 16.6. The Morgan fingerprint density at radius 1 is 1.44 bits per heavy atom. The molecule has 0 amide bonds. The molecule has 0 aliphatic carbocycles. The van der Waals surface area contributed by atoms with E-state index in [2.05, 4.69) is 0 Å². The summed E-state index contributed by atoms with van der Waals surface area (Å²) in [5, 5.41) is 19.4. The van der Waals surface area contributed by atoms with Crippen LogP contribution in [0.15, 0.2) is 18.2 Å². The number of hydrogen-bond acceptors (Lipinski definition) is 5. The molecule has 0 saturated carbocycles. The van der Waals surface area contributed by atoms with E-state index in [0.29, 0.717) is 6.54 Å². The minimum absolute atomic E-state index is 0.0236. The Hall–Kier alpha value is -1.82. The van der Waals surface area contributed by atoms with E-state index in [0.717, 1.165) is 5.69 Å². The van der Waals surface area contributed by atoms with Crippen molar-refractivity contribution in [1.29, 1.82) is 0 Å². The molecule has 0 spiro atoms. The van der Waals surface area contributed by atoms with E-state index in [1.54, 1.807) is 24.1 Å². The van der Waals surface area contributed by atoms with Crippen molar-refractivity contribution in [3.05, 3.63) is 28.3 Å². The quantitative estimate of drug-likeness (QED) is 0.644. The monoisotopic (exact) mass is 256 g/mol. The van der Waals surface area contributed by atoms with Crippen molar-refractivity contribution in [1.82, 2.24) is 0 Å². The van der Waals surface area contributed by atoms with E-state index in [1.807, 2.05) is 13.8 Å². The molecule has 1 rings (SSSR count). The molecule has 1 N–H and O–H groups in total. The summed E-state index contributed by atoms with van der Waals surface area (Å²) < 4.78 is 4.94. The van der Waals surface area contributed by atoms with Crippen molar-refractivity contribution in [3.8, 4) is 5.75 Å². The van der Waals surface area contributed by atoms with Gasteiger partial charge in [0.1, 0.15) is 0 Å². The van der Waals surface area contributed by atoms with E-state index >= 15 is 0 Å². The van der Waals surface area contributed by atoms with Crippen molar-refractivity contribution >= 4 is 11.4 Å². The van der Waals surface area contributed by atoms with E-state index in [4.69, 9.17) is 9.84 Å². The minimum Gasteiger partial charge on any atom is -0.490 e.